The Morgan fingerprint density at radius 1 is 1.03 bits per heavy atom. The number of piperidine rings is 1. The van der Waals surface area contributed by atoms with Crippen LogP contribution in [0.3, 0.4) is 0 Å². The van der Waals surface area contributed by atoms with Crippen LogP contribution in [-0.4, -0.2) is 66.1 Å². The molecule has 2 saturated heterocycles. The van der Waals surface area contributed by atoms with Gasteiger partial charge in [0.25, 0.3) is 5.56 Å². The SMILES string of the molecule is COc1cc2nc(CN3CCC(C(=O)N4CCCCCC4)CC3)[nH]c(=O)c2cc1OC. The fourth-order valence-electron chi connectivity index (χ4n) is 4.69. The van der Waals surface area contributed by atoms with E-state index in [0.29, 0.717) is 40.7 Å². The molecule has 168 valence electrons. The van der Waals surface area contributed by atoms with Crippen LogP contribution in [-0.2, 0) is 11.3 Å². The molecular formula is C23H32N4O4. The zero-order chi connectivity index (χ0) is 21.8. The molecule has 0 aliphatic carbocycles. The average Bonchev–Trinajstić information content (AvgIpc) is 3.08. The first kappa shape index (κ1) is 21.6. The number of nitrogens with one attached hydrogen (secondary N) is 1. The van der Waals surface area contributed by atoms with Crippen LogP contribution in [0.2, 0.25) is 0 Å². The normalized spacial score (nSPS) is 18.7. The number of carbonyl (C=O) groups is 1. The molecule has 0 spiro atoms. The molecule has 0 bridgehead atoms. The number of carbonyl (C=O) groups excluding carboxylic acids is 1. The van der Waals surface area contributed by atoms with Crippen molar-refractivity contribution in [1.29, 1.82) is 0 Å². The molecule has 2 fully saturated rings. The predicted octanol–water partition coefficient (Wildman–Crippen LogP) is 2.55. The summed E-state index contributed by atoms with van der Waals surface area (Å²) in [5.41, 5.74) is 0.398. The number of methoxy groups -OCH3 is 2. The van der Waals surface area contributed by atoms with Crippen LogP contribution in [0.15, 0.2) is 16.9 Å². The Kier molecular flexibility index (Phi) is 6.75. The Hall–Kier alpha value is -2.61. The van der Waals surface area contributed by atoms with Crippen molar-refractivity contribution in [2.45, 2.75) is 45.1 Å². The lowest BCUT2D eigenvalue weighted by molar-refractivity contribution is -0.137. The maximum atomic E-state index is 12.9. The van der Waals surface area contributed by atoms with Gasteiger partial charge in [-0.15, -0.1) is 0 Å². The number of benzene rings is 1. The smallest absolute Gasteiger partial charge is 0.258 e. The van der Waals surface area contributed by atoms with Gasteiger partial charge >= 0.3 is 0 Å². The van der Waals surface area contributed by atoms with E-state index in [1.165, 1.54) is 12.8 Å². The minimum absolute atomic E-state index is 0.120. The van der Waals surface area contributed by atoms with Crippen LogP contribution in [0.4, 0.5) is 0 Å². The zero-order valence-electron chi connectivity index (χ0n) is 18.5. The number of amides is 1. The molecule has 2 aliphatic rings. The second-order valence-corrected chi connectivity index (χ2v) is 8.53. The Morgan fingerprint density at radius 2 is 1.68 bits per heavy atom. The minimum atomic E-state index is -0.188. The lowest BCUT2D eigenvalue weighted by Crippen LogP contribution is -2.43. The fourth-order valence-corrected chi connectivity index (χ4v) is 4.69. The predicted molar refractivity (Wildman–Crippen MR) is 119 cm³/mol. The third-order valence-corrected chi connectivity index (χ3v) is 6.49. The molecule has 31 heavy (non-hydrogen) atoms. The van der Waals surface area contributed by atoms with Gasteiger partial charge in [-0.05, 0) is 44.8 Å². The topological polar surface area (TPSA) is 87.8 Å². The summed E-state index contributed by atoms with van der Waals surface area (Å²) in [4.78, 5) is 37.4. The number of nitrogens with zero attached hydrogens (tertiary/aromatic N) is 3. The molecule has 3 heterocycles. The number of ether oxygens (including phenoxy) is 2. The van der Waals surface area contributed by atoms with Crippen molar-refractivity contribution >= 4 is 16.8 Å². The first-order valence-corrected chi connectivity index (χ1v) is 11.2. The van der Waals surface area contributed by atoms with Gasteiger partial charge in [0.1, 0.15) is 5.82 Å². The van der Waals surface area contributed by atoms with E-state index in [2.05, 4.69) is 19.8 Å². The molecule has 1 amide bonds. The van der Waals surface area contributed by atoms with E-state index in [-0.39, 0.29) is 11.5 Å². The molecule has 0 atom stereocenters. The van der Waals surface area contributed by atoms with Crippen LogP contribution in [0.25, 0.3) is 10.9 Å². The van der Waals surface area contributed by atoms with Crippen molar-refractivity contribution in [3.05, 3.63) is 28.3 Å². The highest BCUT2D eigenvalue weighted by Gasteiger charge is 2.29. The van der Waals surface area contributed by atoms with E-state index in [1.807, 2.05) is 0 Å². The molecule has 1 N–H and O–H groups in total. The van der Waals surface area contributed by atoms with E-state index < -0.39 is 0 Å². The van der Waals surface area contributed by atoms with Crippen LogP contribution in [0, 0.1) is 5.92 Å². The number of likely N-dealkylation sites (tertiary alicyclic amines) is 2. The van der Waals surface area contributed by atoms with E-state index in [0.717, 1.165) is 51.9 Å². The second-order valence-electron chi connectivity index (χ2n) is 8.53. The van der Waals surface area contributed by atoms with Crippen molar-refractivity contribution in [3.63, 3.8) is 0 Å². The number of hydrogen-bond donors (Lipinski definition) is 1. The van der Waals surface area contributed by atoms with Crippen molar-refractivity contribution in [1.82, 2.24) is 19.8 Å². The van der Waals surface area contributed by atoms with Crippen molar-refractivity contribution in [3.8, 4) is 11.5 Å². The molecule has 0 saturated carbocycles. The fraction of sp³-hybridized carbons (Fsp3) is 0.609. The van der Waals surface area contributed by atoms with Crippen molar-refractivity contribution in [2.75, 3.05) is 40.4 Å². The van der Waals surface area contributed by atoms with E-state index >= 15 is 0 Å². The van der Waals surface area contributed by atoms with E-state index in [9.17, 15) is 9.59 Å². The first-order valence-electron chi connectivity index (χ1n) is 11.2. The van der Waals surface area contributed by atoms with Gasteiger partial charge in [-0.2, -0.15) is 0 Å². The summed E-state index contributed by atoms with van der Waals surface area (Å²) in [7, 11) is 3.11. The molecular weight excluding hydrogens is 396 g/mol. The molecule has 8 nitrogen and oxygen atoms in total. The Morgan fingerprint density at radius 3 is 2.32 bits per heavy atom. The minimum Gasteiger partial charge on any atom is -0.493 e. The summed E-state index contributed by atoms with van der Waals surface area (Å²) in [6.07, 6.45) is 6.44. The van der Waals surface area contributed by atoms with Gasteiger partial charge < -0.3 is 19.4 Å². The summed E-state index contributed by atoms with van der Waals surface area (Å²) in [6, 6.07) is 3.39. The third kappa shape index (κ3) is 4.84. The quantitative estimate of drug-likeness (QED) is 0.788. The van der Waals surface area contributed by atoms with Gasteiger partial charge in [-0.3, -0.25) is 14.5 Å². The second kappa shape index (κ2) is 9.68. The van der Waals surface area contributed by atoms with Crippen LogP contribution < -0.4 is 15.0 Å². The third-order valence-electron chi connectivity index (χ3n) is 6.49. The summed E-state index contributed by atoms with van der Waals surface area (Å²) >= 11 is 0. The van der Waals surface area contributed by atoms with Gasteiger partial charge in [0.2, 0.25) is 5.91 Å². The van der Waals surface area contributed by atoms with Gasteiger partial charge in [0.05, 0.1) is 31.7 Å². The Bertz CT molecular complexity index is 973. The summed E-state index contributed by atoms with van der Waals surface area (Å²) in [6.45, 7) is 4.05. The summed E-state index contributed by atoms with van der Waals surface area (Å²) < 4.78 is 10.6. The lowest BCUT2D eigenvalue weighted by Gasteiger charge is -2.33. The van der Waals surface area contributed by atoms with Gasteiger partial charge in [-0.25, -0.2) is 4.98 Å². The Balaban J connectivity index is 1.41. The summed E-state index contributed by atoms with van der Waals surface area (Å²) in [5, 5.41) is 0.475. The summed E-state index contributed by atoms with van der Waals surface area (Å²) in [5.74, 6) is 2.13. The number of aromatic nitrogens is 2. The molecule has 0 radical (unpaired) electrons. The number of aromatic amines is 1. The molecule has 4 rings (SSSR count). The maximum Gasteiger partial charge on any atom is 0.258 e. The maximum absolute atomic E-state index is 12.9. The van der Waals surface area contributed by atoms with E-state index in [4.69, 9.17) is 9.47 Å². The standard InChI is InChI=1S/C23H32N4O4/c1-30-19-13-17-18(14-20(19)31-2)24-21(25-22(17)28)15-26-11-7-16(8-12-26)23(29)27-9-5-3-4-6-10-27/h13-14,16H,3-12,15H2,1-2H3,(H,24,25,28). The molecule has 1 aromatic heterocycles. The molecule has 2 aliphatic heterocycles. The zero-order valence-corrected chi connectivity index (χ0v) is 18.5. The number of hydrogen-bond acceptors (Lipinski definition) is 6. The molecule has 1 aromatic carbocycles. The highest BCUT2D eigenvalue weighted by molar-refractivity contribution is 5.82. The lowest BCUT2D eigenvalue weighted by atomic mass is 9.95. The van der Waals surface area contributed by atoms with Gasteiger partial charge in [0, 0.05) is 25.1 Å². The van der Waals surface area contributed by atoms with Crippen LogP contribution >= 0.6 is 0 Å². The van der Waals surface area contributed by atoms with Crippen LogP contribution in [0.5, 0.6) is 11.5 Å². The first-order chi connectivity index (χ1) is 15.1. The van der Waals surface area contributed by atoms with E-state index in [1.54, 1.807) is 26.4 Å². The van der Waals surface area contributed by atoms with Crippen molar-refractivity contribution < 1.29 is 14.3 Å². The number of H-pyrrole nitrogens is 1. The monoisotopic (exact) mass is 428 g/mol. The number of fused-ring (bicyclic) bond motifs is 1. The highest BCUT2D eigenvalue weighted by Crippen LogP contribution is 2.30. The van der Waals surface area contributed by atoms with Crippen molar-refractivity contribution in [2.24, 2.45) is 5.92 Å². The Labute approximate surface area is 182 Å². The highest BCUT2D eigenvalue weighted by atomic mass is 16.5. The number of rotatable bonds is 5. The molecule has 2 aromatic rings. The largest absolute Gasteiger partial charge is 0.493 e. The average molecular weight is 429 g/mol. The van der Waals surface area contributed by atoms with Gasteiger partial charge in [0.15, 0.2) is 11.5 Å². The van der Waals surface area contributed by atoms with Crippen LogP contribution in [0.1, 0.15) is 44.3 Å². The molecule has 0 unspecified atom stereocenters. The molecule has 8 heteroatoms. The van der Waals surface area contributed by atoms with Gasteiger partial charge in [-0.1, -0.05) is 12.8 Å².